The van der Waals surface area contributed by atoms with Crippen LogP contribution in [0.4, 0.5) is 5.69 Å². The average Bonchev–Trinajstić information content (AvgIpc) is 2.47. The Labute approximate surface area is 142 Å². The van der Waals surface area contributed by atoms with Gasteiger partial charge in [0.15, 0.2) is 16.4 Å². The summed E-state index contributed by atoms with van der Waals surface area (Å²) in [6.45, 7) is 5.48. The number of aryl methyl sites for hydroxylation is 3. The van der Waals surface area contributed by atoms with E-state index in [-0.39, 0.29) is 17.4 Å². The smallest absolute Gasteiger partial charge is 0.262 e. The molecule has 0 heterocycles. The molecule has 128 valence electrons. The second kappa shape index (κ2) is 7.05. The Bertz CT molecular complexity index is 852. The van der Waals surface area contributed by atoms with Gasteiger partial charge in [-0.1, -0.05) is 18.2 Å². The first-order valence-electron chi connectivity index (χ1n) is 7.48. The molecule has 0 spiro atoms. The van der Waals surface area contributed by atoms with E-state index in [2.05, 4.69) is 5.32 Å². The minimum atomic E-state index is -3.26. The molecule has 0 saturated carbocycles. The molecule has 0 aliphatic carbocycles. The van der Waals surface area contributed by atoms with Gasteiger partial charge in [0.2, 0.25) is 0 Å². The van der Waals surface area contributed by atoms with Gasteiger partial charge in [0.1, 0.15) is 5.75 Å². The first-order valence-corrected chi connectivity index (χ1v) is 9.37. The summed E-state index contributed by atoms with van der Waals surface area (Å²) < 4.78 is 28.7. The van der Waals surface area contributed by atoms with E-state index in [4.69, 9.17) is 4.74 Å². The minimum Gasteiger partial charge on any atom is -0.483 e. The summed E-state index contributed by atoms with van der Waals surface area (Å²) in [7, 11) is -3.26. The van der Waals surface area contributed by atoms with Crippen molar-refractivity contribution in [3.05, 3.63) is 53.1 Å². The Morgan fingerprint density at radius 2 is 1.67 bits per heavy atom. The Morgan fingerprint density at radius 1 is 1.04 bits per heavy atom. The molecule has 2 aromatic carbocycles. The molecular weight excluding hydrogens is 326 g/mol. The van der Waals surface area contributed by atoms with Gasteiger partial charge in [-0.15, -0.1) is 0 Å². The monoisotopic (exact) mass is 347 g/mol. The summed E-state index contributed by atoms with van der Waals surface area (Å²) in [5.74, 6) is 0.407. The molecule has 24 heavy (non-hydrogen) atoms. The number of anilines is 1. The van der Waals surface area contributed by atoms with Crippen LogP contribution in [0.3, 0.4) is 0 Å². The Balaban J connectivity index is 2.05. The third-order valence-electron chi connectivity index (χ3n) is 3.66. The highest BCUT2D eigenvalue weighted by molar-refractivity contribution is 7.90. The summed E-state index contributed by atoms with van der Waals surface area (Å²) in [4.78, 5) is 12.3. The van der Waals surface area contributed by atoms with E-state index in [0.29, 0.717) is 17.0 Å². The van der Waals surface area contributed by atoms with Gasteiger partial charge >= 0.3 is 0 Å². The lowest BCUT2D eigenvalue weighted by Gasteiger charge is -2.13. The van der Waals surface area contributed by atoms with Gasteiger partial charge in [0.05, 0.1) is 4.90 Å². The molecule has 2 aromatic rings. The van der Waals surface area contributed by atoms with E-state index < -0.39 is 9.84 Å². The van der Waals surface area contributed by atoms with Crippen LogP contribution >= 0.6 is 0 Å². The van der Waals surface area contributed by atoms with Gasteiger partial charge in [-0.2, -0.15) is 0 Å². The summed E-state index contributed by atoms with van der Waals surface area (Å²) in [6.07, 6.45) is 1.15. The highest BCUT2D eigenvalue weighted by Gasteiger charge is 2.12. The fourth-order valence-electron chi connectivity index (χ4n) is 2.36. The number of nitrogens with one attached hydrogen (secondary N) is 1. The number of carbonyl (C=O) groups excluding carboxylic acids is 1. The number of ether oxygens (including phenoxy) is 1. The maximum absolute atomic E-state index is 12.1. The first kappa shape index (κ1) is 18.0. The Hall–Kier alpha value is -2.34. The maximum Gasteiger partial charge on any atom is 0.262 e. The molecule has 0 radical (unpaired) electrons. The van der Waals surface area contributed by atoms with Crippen LogP contribution in [0.1, 0.15) is 16.7 Å². The molecule has 0 aliphatic rings. The van der Waals surface area contributed by atoms with Crippen molar-refractivity contribution in [1.82, 2.24) is 0 Å². The summed E-state index contributed by atoms with van der Waals surface area (Å²) >= 11 is 0. The highest BCUT2D eigenvalue weighted by atomic mass is 32.2. The zero-order valence-electron chi connectivity index (χ0n) is 14.2. The van der Waals surface area contributed by atoms with Crippen molar-refractivity contribution in [2.75, 3.05) is 18.2 Å². The van der Waals surface area contributed by atoms with E-state index >= 15 is 0 Å². The minimum absolute atomic E-state index is 0.112. The van der Waals surface area contributed by atoms with Crippen LogP contribution in [-0.2, 0) is 14.6 Å². The first-order chi connectivity index (χ1) is 11.2. The SMILES string of the molecule is Cc1cc(S(C)(=O)=O)ccc1NC(=O)COc1c(C)cccc1C. The lowest BCUT2D eigenvalue weighted by Crippen LogP contribution is -2.21. The lowest BCUT2D eigenvalue weighted by molar-refractivity contribution is -0.118. The number of hydrogen-bond acceptors (Lipinski definition) is 4. The molecule has 0 aliphatic heterocycles. The van der Waals surface area contributed by atoms with E-state index in [0.717, 1.165) is 17.4 Å². The van der Waals surface area contributed by atoms with E-state index in [1.807, 2.05) is 32.0 Å². The van der Waals surface area contributed by atoms with Crippen LogP contribution in [0.25, 0.3) is 0 Å². The summed E-state index contributed by atoms with van der Waals surface area (Å²) in [5, 5.41) is 2.74. The van der Waals surface area contributed by atoms with E-state index in [1.54, 1.807) is 13.0 Å². The molecule has 0 unspecified atom stereocenters. The molecule has 2 rings (SSSR count). The number of rotatable bonds is 5. The topological polar surface area (TPSA) is 72.5 Å². The summed E-state index contributed by atoms with van der Waals surface area (Å²) in [6, 6.07) is 10.4. The number of amides is 1. The Morgan fingerprint density at radius 3 is 2.21 bits per heavy atom. The van der Waals surface area contributed by atoms with Crippen molar-refractivity contribution in [3.63, 3.8) is 0 Å². The molecule has 0 aromatic heterocycles. The van der Waals surface area contributed by atoms with Crippen LogP contribution in [0.2, 0.25) is 0 Å². The standard InChI is InChI=1S/C18H21NO4S/c1-12-6-5-7-13(2)18(12)23-11-17(20)19-16-9-8-15(10-14(16)3)24(4,21)22/h5-10H,11H2,1-4H3,(H,19,20). The van der Waals surface area contributed by atoms with Crippen molar-refractivity contribution in [2.24, 2.45) is 0 Å². The largest absolute Gasteiger partial charge is 0.483 e. The molecule has 1 N–H and O–H groups in total. The quantitative estimate of drug-likeness (QED) is 0.902. The van der Waals surface area contributed by atoms with Gasteiger partial charge in [-0.3, -0.25) is 4.79 Å². The lowest BCUT2D eigenvalue weighted by atomic mass is 10.1. The molecule has 0 fully saturated rings. The number of carbonyl (C=O) groups is 1. The molecule has 0 bridgehead atoms. The van der Waals surface area contributed by atoms with Gasteiger partial charge in [-0.25, -0.2) is 8.42 Å². The molecule has 6 heteroatoms. The molecular formula is C18H21NO4S. The fourth-order valence-corrected chi connectivity index (χ4v) is 3.06. The zero-order chi connectivity index (χ0) is 17.9. The Kier molecular flexibility index (Phi) is 5.29. The van der Waals surface area contributed by atoms with Crippen molar-refractivity contribution < 1.29 is 17.9 Å². The second-order valence-corrected chi connectivity index (χ2v) is 7.82. The van der Waals surface area contributed by atoms with Gasteiger partial charge < -0.3 is 10.1 Å². The predicted molar refractivity (Wildman–Crippen MR) is 94.3 cm³/mol. The maximum atomic E-state index is 12.1. The van der Waals surface area contributed by atoms with Crippen LogP contribution in [0, 0.1) is 20.8 Å². The summed E-state index contributed by atoms with van der Waals surface area (Å²) in [5.41, 5.74) is 3.18. The second-order valence-electron chi connectivity index (χ2n) is 5.81. The molecule has 5 nitrogen and oxygen atoms in total. The number of benzene rings is 2. The van der Waals surface area contributed by atoms with Crippen molar-refractivity contribution in [2.45, 2.75) is 25.7 Å². The van der Waals surface area contributed by atoms with Crippen LogP contribution in [0.5, 0.6) is 5.75 Å². The normalized spacial score (nSPS) is 11.2. The molecule has 1 amide bonds. The molecule has 0 atom stereocenters. The highest BCUT2D eigenvalue weighted by Crippen LogP contribution is 2.23. The zero-order valence-corrected chi connectivity index (χ0v) is 15.0. The third-order valence-corrected chi connectivity index (χ3v) is 4.77. The average molecular weight is 347 g/mol. The third kappa shape index (κ3) is 4.35. The predicted octanol–water partition coefficient (Wildman–Crippen LogP) is 3.03. The van der Waals surface area contributed by atoms with E-state index in [1.165, 1.54) is 12.1 Å². The van der Waals surface area contributed by atoms with Gasteiger partial charge in [-0.05, 0) is 55.7 Å². The van der Waals surface area contributed by atoms with Crippen LogP contribution < -0.4 is 10.1 Å². The van der Waals surface area contributed by atoms with Crippen molar-refractivity contribution in [1.29, 1.82) is 0 Å². The molecule has 0 saturated heterocycles. The van der Waals surface area contributed by atoms with E-state index in [9.17, 15) is 13.2 Å². The van der Waals surface area contributed by atoms with Crippen molar-refractivity contribution >= 4 is 21.4 Å². The number of para-hydroxylation sites is 1. The van der Waals surface area contributed by atoms with Crippen LogP contribution in [0.15, 0.2) is 41.3 Å². The van der Waals surface area contributed by atoms with Crippen LogP contribution in [-0.4, -0.2) is 27.2 Å². The van der Waals surface area contributed by atoms with Gasteiger partial charge in [0.25, 0.3) is 5.91 Å². The van der Waals surface area contributed by atoms with Crippen molar-refractivity contribution in [3.8, 4) is 5.75 Å². The number of sulfone groups is 1. The fraction of sp³-hybridized carbons (Fsp3) is 0.278. The number of hydrogen-bond donors (Lipinski definition) is 1. The van der Waals surface area contributed by atoms with Gasteiger partial charge in [0, 0.05) is 11.9 Å².